The molecule has 2 N–H and O–H groups in total. The van der Waals surface area contributed by atoms with Gasteiger partial charge in [-0.05, 0) is 20.3 Å². The molecule has 0 aromatic rings. The Bertz CT molecular complexity index is 27.5. The summed E-state index contributed by atoms with van der Waals surface area (Å²) >= 11 is 0. The molecule has 0 bridgehead atoms. The van der Waals surface area contributed by atoms with E-state index in [1.54, 1.807) is 13.8 Å². The van der Waals surface area contributed by atoms with E-state index in [1.165, 1.54) is 0 Å². The molecule has 0 atom stereocenters. The third-order valence-electron chi connectivity index (χ3n) is 0.224. The zero-order chi connectivity index (χ0) is 6.99. The summed E-state index contributed by atoms with van der Waals surface area (Å²) in [5, 5.41) is 15.9. The molecule has 0 aliphatic carbocycles. The van der Waals surface area contributed by atoms with Crippen LogP contribution < -0.4 is 0 Å². The molecule has 0 heterocycles. The molecule has 0 aliphatic heterocycles. The van der Waals surface area contributed by atoms with Crippen LogP contribution in [-0.4, -0.2) is 52.5 Å². The molecule has 0 rings (SSSR count). The van der Waals surface area contributed by atoms with E-state index in [-0.39, 0.29) is 35.7 Å². The summed E-state index contributed by atoms with van der Waals surface area (Å²) < 4.78 is 0. The predicted molar refractivity (Wildman–Crippen MR) is 41.9 cm³/mol. The first kappa shape index (κ1) is 16.5. The van der Waals surface area contributed by atoms with E-state index in [9.17, 15) is 0 Å². The Balaban J connectivity index is -0.0000000720. The van der Waals surface area contributed by atoms with Crippen molar-refractivity contribution in [3.05, 3.63) is 0 Å². The summed E-state index contributed by atoms with van der Waals surface area (Å²) in [4.78, 5) is 0. The second kappa shape index (κ2) is 16.0. The number of rotatable bonds is 1. The normalized spacial score (nSPS) is 7.33. The summed E-state index contributed by atoms with van der Waals surface area (Å²) in [5.41, 5.74) is 0. The van der Waals surface area contributed by atoms with E-state index >= 15 is 0 Å². The fourth-order valence-electron chi connectivity index (χ4n) is 0. The van der Waals surface area contributed by atoms with Crippen LogP contribution in [0.1, 0.15) is 27.2 Å². The summed E-state index contributed by atoms with van der Waals surface area (Å²) in [5.74, 6) is 0. The van der Waals surface area contributed by atoms with Gasteiger partial charge in [-0.15, -0.1) is 0 Å². The van der Waals surface area contributed by atoms with Gasteiger partial charge in [-0.3, -0.25) is 0 Å². The van der Waals surface area contributed by atoms with Gasteiger partial charge in [-0.25, -0.2) is 0 Å². The molecule has 0 saturated heterocycles. The van der Waals surface area contributed by atoms with Crippen LogP contribution in [0.2, 0.25) is 0 Å². The summed E-state index contributed by atoms with van der Waals surface area (Å²) in [7, 11) is 0. The summed E-state index contributed by atoms with van der Waals surface area (Å²) in [6.07, 6.45) is 0.708. The van der Waals surface area contributed by atoms with Gasteiger partial charge in [0, 0.05) is 12.7 Å². The van der Waals surface area contributed by atoms with Crippen molar-refractivity contribution >= 4 is 29.6 Å². The van der Waals surface area contributed by atoms with Crippen molar-refractivity contribution in [3.63, 3.8) is 0 Å². The Hall–Kier alpha value is 0.920. The van der Waals surface area contributed by atoms with Gasteiger partial charge in [0.15, 0.2) is 0 Å². The van der Waals surface area contributed by atoms with Gasteiger partial charge >= 0.3 is 29.6 Å². The van der Waals surface area contributed by atoms with E-state index in [0.29, 0.717) is 6.61 Å². The number of aliphatic hydroxyl groups excluding tert-OH is 2. The van der Waals surface area contributed by atoms with Crippen molar-refractivity contribution in [3.8, 4) is 0 Å². The summed E-state index contributed by atoms with van der Waals surface area (Å²) in [6.45, 7) is 5.69. The SMILES string of the molecule is CC(C)O.CCCO.[NaH]. The Morgan fingerprint density at radius 1 is 1.33 bits per heavy atom. The van der Waals surface area contributed by atoms with Crippen LogP contribution in [-0.2, 0) is 0 Å². The van der Waals surface area contributed by atoms with Crippen molar-refractivity contribution in [1.82, 2.24) is 0 Å². The molecule has 54 valence electrons. The Morgan fingerprint density at radius 3 is 1.44 bits per heavy atom. The quantitative estimate of drug-likeness (QED) is 0.513. The monoisotopic (exact) mass is 144 g/mol. The van der Waals surface area contributed by atoms with Crippen LogP contribution in [0.15, 0.2) is 0 Å². The average molecular weight is 144 g/mol. The maximum atomic E-state index is 8.06. The molecular formula is C6H17NaO2. The minimum absolute atomic E-state index is 0. The first-order valence-electron chi connectivity index (χ1n) is 2.94. The molecule has 3 heteroatoms. The van der Waals surface area contributed by atoms with Crippen LogP contribution in [0.25, 0.3) is 0 Å². The molecule has 0 amide bonds. The Morgan fingerprint density at radius 2 is 1.44 bits per heavy atom. The molecule has 0 spiro atoms. The summed E-state index contributed by atoms with van der Waals surface area (Å²) in [6, 6.07) is 0. The molecule has 2 nitrogen and oxygen atoms in total. The van der Waals surface area contributed by atoms with Crippen molar-refractivity contribution in [2.45, 2.75) is 33.3 Å². The van der Waals surface area contributed by atoms with Crippen LogP contribution in [0.5, 0.6) is 0 Å². The maximum absolute atomic E-state index is 8.06. The fraction of sp³-hybridized carbons (Fsp3) is 1.00. The van der Waals surface area contributed by atoms with Gasteiger partial charge in [-0.2, -0.15) is 0 Å². The van der Waals surface area contributed by atoms with Gasteiger partial charge < -0.3 is 10.2 Å². The minimum atomic E-state index is -0.167. The molecule has 0 saturated carbocycles. The number of hydrogen-bond acceptors (Lipinski definition) is 2. The van der Waals surface area contributed by atoms with Gasteiger partial charge in [-0.1, -0.05) is 6.92 Å². The molecule has 0 aromatic heterocycles. The van der Waals surface area contributed by atoms with Crippen LogP contribution >= 0.6 is 0 Å². The van der Waals surface area contributed by atoms with Gasteiger partial charge in [0.25, 0.3) is 0 Å². The van der Waals surface area contributed by atoms with Crippen molar-refractivity contribution in [2.75, 3.05) is 6.61 Å². The Labute approximate surface area is 79.6 Å². The fourth-order valence-corrected chi connectivity index (χ4v) is 0. The van der Waals surface area contributed by atoms with E-state index in [0.717, 1.165) is 6.42 Å². The van der Waals surface area contributed by atoms with E-state index in [2.05, 4.69) is 0 Å². The molecular weight excluding hydrogens is 127 g/mol. The van der Waals surface area contributed by atoms with E-state index in [4.69, 9.17) is 10.2 Å². The van der Waals surface area contributed by atoms with E-state index in [1.807, 2.05) is 6.92 Å². The van der Waals surface area contributed by atoms with Crippen LogP contribution in [0.4, 0.5) is 0 Å². The molecule has 0 unspecified atom stereocenters. The molecule has 0 aliphatic rings. The Kier molecular flexibility index (Phi) is 29.2. The molecule has 0 fully saturated rings. The predicted octanol–water partition coefficient (Wildman–Crippen LogP) is 0.127. The molecule has 9 heavy (non-hydrogen) atoms. The third-order valence-corrected chi connectivity index (χ3v) is 0.224. The standard InChI is InChI=1S/2C3H8O.Na.H/c1-3(2)4;1-2-3-4;;/h3-4H,1-2H3;4H,2-3H2,1H3;;. The van der Waals surface area contributed by atoms with Crippen molar-refractivity contribution in [2.24, 2.45) is 0 Å². The topological polar surface area (TPSA) is 40.5 Å². The average Bonchev–Trinajstić information content (AvgIpc) is 1.65. The van der Waals surface area contributed by atoms with Crippen LogP contribution in [0, 0.1) is 0 Å². The second-order valence-electron chi connectivity index (χ2n) is 1.82. The molecule has 0 radical (unpaired) electrons. The zero-order valence-corrected chi connectivity index (χ0v) is 5.89. The van der Waals surface area contributed by atoms with Gasteiger partial charge in [0.1, 0.15) is 0 Å². The van der Waals surface area contributed by atoms with Gasteiger partial charge in [0.05, 0.1) is 0 Å². The van der Waals surface area contributed by atoms with Crippen LogP contribution in [0.3, 0.4) is 0 Å². The van der Waals surface area contributed by atoms with Crippen molar-refractivity contribution < 1.29 is 10.2 Å². The van der Waals surface area contributed by atoms with Crippen molar-refractivity contribution in [1.29, 1.82) is 0 Å². The number of hydrogen-bond donors (Lipinski definition) is 2. The second-order valence-corrected chi connectivity index (χ2v) is 1.82. The first-order valence-corrected chi connectivity index (χ1v) is 2.94. The molecule has 0 aromatic carbocycles. The first-order chi connectivity index (χ1) is 3.65. The number of aliphatic hydroxyl groups is 2. The van der Waals surface area contributed by atoms with E-state index < -0.39 is 0 Å². The zero-order valence-electron chi connectivity index (χ0n) is 5.89. The van der Waals surface area contributed by atoms with Gasteiger partial charge in [0.2, 0.25) is 0 Å². The third kappa shape index (κ3) is 116.